The van der Waals surface area contributed by atoms with E-state index in [1.165, 1.54) is 11.8 Å². The number of hydrogen-bond acceptors (Lipinski definition) is 6. The van der Waals surface area contributed by atoms with Crippen LogP contribution in [-0.2, 0) is 14.3 Å². The minimum atomic E-state index is -0.735. The van der Waals surface area contributed by atoms with Gasteiger partial charge >= 0.3 is 12.1 Å². The third-order valence-electron chi connectivity index (χ3n) is 4.00. The second-order valence-corrected chi connectivity index (χ2v) is 6.53. The maximum Gasteiger partial charge on any atom is 0.418 e. The summed E-state index contributed by atoms with van der Waals surface area (Å²) in [5.74, 6) is 0.864. The summed E-state index contributed by atoms with van der Waals surface area (Å²) >= 11 is 1.48. The molecule has 0 atom stereocenters. The van der Waals surface area contributed by atoms with Crippen LogP contribution in [-0.4, -0.2) is 35.1 Å². The number of amides is 1. The maximum absolute atomic E-state index is 12.0. The highest BCUT2D eigenvalue weighted by Crippen LogP contribution is 2.44. The van der Waals surface area contributed by atoms with Crippen LogP contribution in [0.1, 0.15) is 39.0 Å². The van der Waals surface area contributed by atoms with Gasteiger partial charge in [-0.05, 0) is 32.6 Å². The van der Waals surface area contributed by atoms with E-state index in [1.807, 2.05) is 0 Å². The van der Waals surface area contributed by atoms with Crippen LogP contribution in [0, 0.1) is 0 Å². The first kappa shape index (κ1) is 14.4. The Bertz CT molecular complexity index is 535. The van der Waals surface area contributed by atoms with Gasteiger partial charge in [0, 0.05) is 5.75 Å². The molecule has 0 aromatic heterocycles. The number of nitrogens with zero attached hydrogens (tertiary/aromatic N) is 1. The monoisotopic (exact) mass is 310 g/mol. The molecule has 1 amide bonds. The molecule has 1 saturated carbocycles. The lowest BCUT2D eigenvalue weighted by Gasteiger charge is -2.33. The van der Waals surface area contributed by atoms with E-state index < -0.39 is 11.7 Å². The highest BCUT2D eigenvalue weighted by molar-refractivity contribution is 8.14. The Kier molecular flexibility index (Phi) is 3.93. The molecule has 0 aromatic carbocycles. The predicted octanol–water partition coefficient (Wildman–Crippen LogP) is 2.35. The van der Waals surface area contributed by atoms with Gasteiger partial charge in [-0.15, -0.1) is 0 Å². The van der Waals surface area contributed by atoms with Crippen LogP contribution in [0.2, 0.25) is 0 Å². The third-order valence-corrected chi connectivity index (χ3v) is 4.89. The molecule has 0 aromatic rings. The number of alkyl carbamates (subject to hydrolysis) is 1. The molecule has 1 spiro atoms. The van der Waals surface area contributed by atoms with Crippen LogP contribution in [0.5, 0.6) is 0 Å². The average molecular weight is 310 g/mol. The van der Waals surface area contributed by atoms with Crippen molar-refractivity contribution in [3.63, 3.8) is 0 Å². The van der Waals surface area contributed by atoms with Crippen molar-refractivity contribution >= 4 is 29.0 Å². The van der Waals surface area contributed by atoms with E-state index in [0.717, 1.165) is 25.0 Å². The molecule has 1 aliphatic carbocycles. The molecule has 3 rings (SSSR count). The second-order valence-electron chi connectivity index (χ2n) is 5.45. The summed E-state index contributed by atoms with van der Waals surface area (Å²) in [5, 5.41) is 3.18. The molecule has 0 saturated heterocycles. The van der Waals surface area contributed by atoms with Crippen molar-refractivity contribution in [3.05, 3.63) is 11.3 Å². The van der Waals surface area contributed by atoms with E-state index in [9.17, 15) is 9.59 Å². The molecule has 0 bridgehead atoms. The van der Waals surface area contributed by atoms with Gasteiger partial charge in [-0.3, -0.25) is 10.3 Å². The molecule has 1 fully saturated rings. The first-order chi connectivity index (χ1) is 10.1. The van der Waals surface area contributed by atoms with Crippen LogP contribution in [0.25, 0.3) is 0 Å². The zero-order chi connectivity index (χ0) is 14.9. The molecule has 21 heavy (non-hydrogen) atoms. The number of amidine groups is 1. The standard InChI is InChI=1S/C14H18N2O4S/c1-9-10(19-13(18)16-12-15-7-8-21-12)14(20-11(9)17)5-3-2-4-6-14/h2-8H2,1H3,(H,15,16,18). The highest BCUT2D eigenvalue weighted by Gasteiger charge is 2.49. The number of thioether (sulfide) groups is 1. The topological polar surface area (TPSA) is 77.0 Å². The van der Waals surface area contributed by atoms with Gasteiger partial charge in [0.05, 0.1) is 12.1 Å². The number of carbonyl (C=O) groups excluding carboxylic acids is 2. The van der Waals surface area contributed by atoms with Crippen LogP contribution < -0.4 is 5.32 Å². The van der Waals surface area contributed by atoms with Crippen LogP contribution in [0.15, 0.2) is 16.3 Å². The summed E-state index contributed by atoms with van der Waals surface area (Å²) < 4.78 is 11.0. The van der Waals surface area contributed by atoms with Gasteiger partial charge < -0.3 is 9.47 Å². The predicted molar refractivity (Wildman–Crippen MR) is 79.0 cm³/mol. The largest absolute Gasteiger partial charge is 0.447 e. The van der Waals surface area contributed by atoms with Crippen molar-refractivity contribution in [2.45, 2.75) is 44.6 Å². The van der Waals surface area contributed by atoms with E-state index >= 15 is 0 Å². The van der Waals surface area contributed by atoms with Crippen LogP contribution in [0.4, 0.5) is 4.79 Å². The summed E-state index contributed by atoms with van der Waals surface area (Å²) in [4.78, 5) is 28.0. The van der Waals surface area contributed by atoms with Crippen molar-refractivity contribution < 1.29 is 19.1 Å². The Morgan fingerprint density at radius 2 is 2.14 bits per heavy atom. The van der Waals surface area contributed by atoms with Crippen LogP contribution >= 0.6 is 11.8 Å². The van der Waals surface area contributed by atoms with E-state index in [-0.39, 0.29) is 5.97 Å². The van der Waals surface area contributed by atoms with Crippen molar-refractivity contribution in [1.82, 2.24) is 5.32 Å². The minimum absolute atomic E-state index is 0.382. The van der Waals surface area contributed by atoms with E-state index in [2.05, 4.69) is 10.3 Å². The normalized spacial score (nSPS) is 24.0. The summed E-state index contributed by atoms with van der Waals surface area (Å²) in [6, 6.07) is 0. The van der Waals surface area contributed by atoms with Gasteiger partial charge in [0.15, 0.2) is 16.5 Å². The fourth-order valence-electron chi connectivity index (χ4n) is 2.97. The molecule has 2 aliphatic heterocycles. The quantitative estimate of drug-likeness (QED) is 0.752. The number of ether oxygens (including phenoxy) is 2. The Labute approximate surface area is 127 Å². The van der Waals surface area contributed by atoms with Gasteiger partial charge in [-0.1, -0.05) is 18.2 Å². The summed E-state index contributed by atoms with van der Waals surface area (Å²) in [6.07, 6.45) is 3.89. The van der Waals surface area contributed by atoms with Gasteiger partial charge in [0.2, 0.25) is 0 Å². The zero-order valence-electron chi connectivity index (χ0n) is 11.9. The molecular weight excluding hydrogens is 292 g/mol. The summed E-state index contributed by atoms with van der Waals surface area (Å²) in [6.45, 7) is 2.35. The number of nitrogens with one attached hydrogen (secondary N) is 1. The molecule has 0 unspecified atom stereocenters. The second kappa shape index (κ2) is 5.71. The Morgan fingerprint density at radius 1 is 1.38 bits per heavy atom. The Hall–Kier alpha value is -1.50. The lowest BCUT2D eigenvalue weighted by Crippen LogP contribution is -2.38. The number of hydrogen-bond donors (Lipinski definition) is 1. The molecule has 2 heterocycles. The van der Waals surface area contributed by atoms with Crippen molar-refractivity contribution in [2.75, 3.05) is 12.3 Å². The van der Waals surface area contributed by atoms with E-state index in [1.54, 1.807) is 6.92 Å². The first-order valence-corrected chi connectivity index (χ1v) is 8.20. The zero-order valence-corrected chi connectivity index (χ0v) is 12.8. The third kappa shape index (κ3) is 2.79. The molecule has 0 radical (unpaired) electrons. The number of carbonyl (C=O) groups is 2. The van der Waals surface area contributed by atoms with Gasteiger partial charge in [-0.2, -0.15) is 0 Å². The summed E-state index contributed by atoms with van der Waals surface area (Å²) in [5.41, 5.74) is -0.338. The highest BCUT2D eigenvalue weighted by atomic mass is 32.2. The van der Waals surface area contributed by atoms with Crippen LogP contribution in [0.3, 0.4) is 0 Å². The van der Waals surface area contributed by atoms with Gasteiger partial charge in [0.1, 0.15) is 0 Å². The average Bonchev–Trinajstić information content (AvgIpc) is 3.04. The fourth-order valence-corrected chi connectivity index (χ4v) is 3.69. The minimum Gasteiger partial charge on any atom is -0.447 e. The molecule has 7 heteroatoms. The van der Waals surface area contributed by atoms with E-state index in [0.29, 0.717) is 35.9 Å². The Morgan fingerprint density at radius 3 is 2.81 bits per heavy atom. The molecule has 6 nitrogen and oxygen atoms in total. The first-order valence-electron chi connectivity index (χ1n) is 7.21. The van der Waals surface area contributed by atoms with Gasteiger partial charge in [-0.25, -0.2) is 9.59 Å². The number of aliphatic imine (C=N–C) groups is 1. The summed E-state index contributed by atoms with van der Waals surface area (Å²) in [7, 11) is 0. The van der Waals surface area contributed by atoms with Crippen molar-refractivity contribution in [1.29, 1.82) is 0 Å². The SMILES string of the molecule is CC1=C(OC(=O)NC2=NCCS2)C2(CCCCC2)OC1=O. The molecular formula is C14H18N2O4S. The maximum atomic E-state index is 12.0. The van der Waals surface area contributed by atoms with E-state index in [4.69, 9.17) is 9.47 Å². The Balaban J connectivity index is 1.74. The smallest absolute Gasteiger partial charge is 0.418 e. The van der Waals surface area contributed by atoms with Crippen molar-refractivity contribution in [2.24, 2.45) is 4.99 Å². The molecule has 3 aliphatic rings. The number of esters is 1. The lowest BCUT2D eigenvalue weighted by molar-refractivity contribution is -0.150. The molecule has 1 N–H and O–H groups in total. The van der Waals surface area contributed by atoms with Gasteiger partial charge in [0.25, 0.3) is 0 Å². The number of rotatable bonds is 1. The fraction of sp³-hybridized carbons (Fsp3) is 0.643. The molecule has 114 valence electrons. The lowest BCUT2D eigenvalue weighted by atomic mass is 9.83. The van der Waals surface area contributed by atoms with Crippen molar-refractivity contribution in [3.8, 4) is 0 Å².